The van der Waals surface area contributed by atoms with Crippen LogP contribution in [0, 0.1) is 6.92 Å². The number of nitrogens with one attached hydrogen (secondary N) is 2. The molecule has 10 heteroatoms. The molecule has 0 aliphatic carbocycles. The first-order chi connectivity index (χ1) is 13.4. The van der Waals surface area contributed by atoms with Gasteiger partial charge in [-0.15, -0.1) is 0 Å². The summed E-state index contributed by atoms with van der Waals surface area (Å²) in [6, 6.07) is 6.58. The second-order valence-electron chi connectivity index (χ2n) is 7.37. The summed E-state index contributed by atoms with van der Waals surface area (Å²) in [7, 11) is -2.49. The number of aryl methyl sites for hydroxylation is 1. The number of esters is 1. The molecule has 0 saturated carbocycles. The number of carbonyl (C=O) groups excluding carboxylic acids is 2. The van der Waals surface area contributed by atoms with Crippen molar-refractivity contribution >= 4 is 22.1 Å². The van der Waals surface area contributed by atoms with E-state index in [1.807, 2.05) is 6.92 Å². The summed E-state index contributed by atoms with van der Waals surface area (Å²) in [6.45, 7) is 9.14. The summed E-state index contributed by atoms with van der Waals surface area (Å²) in [4.78, 5) is 24.0. The van der Waals surface area contributed by atoms with Gasteiger partial charge in [-0.25, -0.2) is 18.0 Å². The Bertz CT molecular complexity index is 787. The van der Waals surface area contributed by atoms with Gasteiger partial charge in [-0.05, 0) is 39.8 Å². The van der Waals surface area contributed by atoms with Crippen molar-refractivity contribution in [1.29, 1.82) is 0 Å². The van der Waals surface area contributed by atoms with Crippen LogP contribution < -0.4 is 10.6 Å². The van der Waals surface area contributed by atoms with E-state index in [-0.39, 0.29) is 24.5 Å². The SMILES string of the molecule is CCN(CCNC(NC(=O)OC(C)(C)C)C(=O)OC)S(=O)(=O)c1ccc(C)cc1. The fourth-order valence-corrected chi connectivity index (χ4v) is 3.83. The maximum Gasteiger partial charge on any atom is 0.409 e. The van der Waals surface area contributed by atoms with Crippen molar-refractivity contribution in [1.82, 2.24) is 14.9 Å². The molecule has 1 rings (SSSR count). The molecule has 1 aromatic rings. The van der Waals surface area contributed by atoms with Gasteiger partial charge in [0.05, 0.1) is 12.0 Å². The van der Waals surface area contributed by atoms with Gasteiger partial charge in [0.2, 0.25) is 10.0 Å². The number of ether oxygens (including phenoxy) is 2. The van der Waals surface area contributed by atoms with Crippen LogP contribution in [-0.4, -0.2) is 63.3 Å². The van der Waals surface area contributed by atoms with Crippen LogP contribution in [0.2, 0.25) is 0 Å². The fourth-order valence-electron chi connectivity index (χ4n) is 2.38. The molecule has 2 N–H and O–H groups in total. The minimum atomic E-state index is -3.67. The number of rotatable bonds is 9. The largest absolute Gasteiger partial charge is 0.466 e. The number of nitrogens with zero attached hydrogens (tertiary/aromatic N) is 1. The van der Waals surface area contributed by atoms with Gasteiger partial charge < -0.3 is 9.47 Å². The van der Waals surface area contributed by atoms with Crippen LogP contribution in [-0.2, 0) is 24.3 Å². The number of likely N-dealkylation sites (N-methyl/N-ethyl adjacent to an activating group) is 1. The standard InChI is InChI=1S/C19H31N3O6S/c1-7-22(29(25,26)15-10-8-14(2)9-11-15)13-12-20-16(17(23)27-6)21-18(24)28-19(3,4)5/h8-11,16,20H,7,12-13H2,1-6H3,(H,21,24). The average molecular weight is 430 g/mol. The highest BCUT2D eigenvalue weighted by atomic mass is 32.2. The molecule has 0 saturated heterocycles. The molecule has 0 aliphatic rings. The molecule has 0 aromatic heterocycles. The van der Waals surface area contributed by atoms with E-state index in [1.54, 1.807) is 52.0 Å². The molecular weight excluding hydrogens is 398 g/mol. The molecule has 164 valence electrons. The second kappa shape index (κ2) is 10.6. The van der Waals surface area contributed by atoms with Crippen molar-refractivity contribution in [3.05, 3.63) is 29.8 Å². The lowest BCUT2D eigenvalue weighted by Crippen LogP contribution is -2.54. The van der Waals surface area contributed by atoms with Crippen LogP contribution in [0.5, 0.6) is 0 Å². The Morgan fingerprint density at radius 1 is 1.17 bits per heavy atom. The summed E-state index contributed by atoms with van der Waals surface area (Å²) in [5.41, 5.74) is 0.231. The minimum Gasteiger partial charge on any atom is -0.466 e. The smallest absolute Gasteiger partial charge is 0.409 e. The highest BCUT2D eigenvalue weighted by Gasteiger charge is 2.26. The first-order valence-corrected chi connectivity index (χ1v) is 10.7. The normalized spacial score (nSPS) is 13.1. The van der Waals surface area contributed by atoms with E-state index in [2.05, 4.69) is 15.4 Å². The van der Waals surface area contributed by atoms with Crippen LogP contribution in [0.15, 0.2) is 29.2 Å². The molecule has 1 unspecified atom stereocenters. The van der Waals surface area contributed by atoms with Gasteiger partial charge in [-0.2, -0.15) is 4.31 Å². The molecular formula is C19H31N3O6S. The molecule has 1 atom stereocenters. The van der Waals surface area contributed by atoms with Gasteiger partial charge in [0.15, 0.2) is 6.17 Å². The molecule has 0 fully saturated rings. The average Bonchev–Trinajstić information content (AvgIpc) is 2.62. The predicted octanol–water partition coefficient (Wildman–Crippen LogP) is 1.62. The molecule has 9 nitrogen and oxygen atoms in total. The van der Waals surface area contributed by atoms with Crippen molar-refractivity contribution in [2.45, 2.75) is 51.3 Å². The quantitative estimate of drug-likeness (QED) is 0.453. The van der Waals surface area contributed by atoms with Gasteiger partial charge in [0.1, 0.15) is 5.60 Å². The second-order valence-corrected chi connectivity index (χ2v) is 9.30. The topological polar surface area (TPSA) is 114 Å². The summed E-state index contributed by atoms with van der Waals surface area (Å²) < 4.78 is 36.7. The third-order valence-corrected chi connectivity index (χ3v) is 5.81. The van der Waals surface area contributed by atoms with Crippen LogP contribution in [0.3, 0.4) is 0 Å². The van der Waals surface area contributed by atoms with Crippen molar-refractivity contribution in [2.75, 3.05) is 26.7 Å². The maximum atomic E-state index is 12.8. The zero-order valence-corrected chi connectivity index (χ0v) is 18.6. The third-order valence-electron chi connectivity index (χ3n) is 3.82. The minimum absolute atomic E-state index is 0.0935. The van der Waals surface area contributed by atoms with E-state index in [4.69, 9.17) is 4.74 Å². The van der Waals surface area contributed by atoms with Crippen molar-refractivity contribution in [3.63, 3.8) is 0 Å². The van der Waals surface area contributed by atoms with Gasteiger partial charge in [0.25, 0.3) is 0 Å². The molecule has 1 aromatic carbocycles. The van der Waals surface area contributed by atoms with E-state index in [0.717, 1.165) is 5.56 Å². The molecule has 1 amide bonds. The highest BCUT2D eigenvalue weighted by Crippen LogP contribution is 2.15. The Labute approximate surface area is 172 Å². The Kier molecular flexibility index (Phi) is 9.06. The summed E-state index contributed by atoms with van der Waals surface area (Å²) in [6.07, 6.45) is -1.96. The number of sulfonamides is 1. The lowest BCUT2D eigenvalue weighted by molar-refractivity contribution is -0.144. The zero-order valence-electron chi connectivity index (χ0n) is 17.8. The Morgan fingerprint density at radius 3 is 2.24 bits per heavy atom. The van der Waals surface area contributed by atoms with Gasteiger partial charge in [-0.3, -0.25) is 10.6 Å². The van der Waals surface area contributed by atoms with Gasteiger partial charge >= 0.3 is 12.1 Å². The van der Waals surface area contributed by atoms with E-state index in [0.29, 0.717) is 0 Å². The van der Waals surface area contributed by atoms with Crippen LogP contribution >= 0.6 is 0 Å². The summed E-state index contributed by atoms with van der Waals surface area (Å²) >= 11 is 0. The number of hydrogen-bond donors (Lipinski definition) is 2. The highest BCUT2D eigenvalue weighted by molar-refractivity contribution is 7.89. The lowest BCUT2D eigenvalue weighted by atomic mass is 10.2. The number of benzene rings is 1. The van der Waals surface area contributed by atoms with E-state index < -0.39 is 33.9 Å². The van der Waals surface area contributed by atoms with E-state index in [9.17, 15) is 18.0 Å². The predicted molar refractivity (Wildman–Crippen MR) is 109 cm³/mol. The monoisotopic (exact) mass is 429 g/mol. The molecule has 0 heterocycles. The lowest BCUT2D eigenvalue weighted by Gasteiger charge is -2.24. The molecule has 0 aliphatic heterocycles. The van der Waals surface area contributed by atoms with E-state index in [1.165, 1.54) is 11.4 Å². The number of amides is 1. The summed E-state index contributed by atoms with van der Waals surface area (Å²) in [5.74, 6) is -0.722. The Morgan fingerprint density at radius 2 is 1.76 bits per heavy atom. The van der Waals surface area contributed by atoms with E-state index >= 15 is 0 Å². The first-order valence-electron chi connectivity index (χ1n) is 9.28. The molecule has 0 radical (unpaired) electrons. The molecule has 0 spiro atoms. The Balaban J connectivity index is 2.77. The summed E-state index contributed by atoms with van der Waals surface area (Å²) in [5, 5.41) is 5.17. The number of alkyl carbamates (subject to hydrolysis) is 1. The third kappa shape index (κ3) is 8.00. The zero-order chi connectivity index (χ0) is 22.2. The number of hydrogen-bond acceptors (Lipinski definition) is 7. The fraction of sp³-hybridized carbons (Fsp3) is 0.579. The first kappa shape index (κ1) is 24.9. The molecule has 29 heavy (non-hydrogen) atoms. The number of methoxy groups -OCH3 is 1. The van der Waals surface area contributed by atoms with Crippen molar-refractivity contribution in [3.8, 4) is 0 Å². The maximum absolute atomic E-state index is 12.8. The molecule has 0 bridgehead atoms. The number of carbonyl (C=O) groups is 2. The van der Waals surface area contributed by atoms with Crippen LogP contribution in [0.1, 0.15) is 33.3 Å². The van der Waals surface area contributed by atoms with Gasteiger partial charge in [-0.1, -0.05) is 24.6 Å². The van der Waals surface area contributed by atoms with Crippen LogP contribution in [0.25, 0.3) is 0 Å². The van der Waals surface area contributed by atoms with Gasteiger partial charge in [0, 0.05) is 19.6 Å². The van der Waals surface area contributed by atoms with Crippen molar-refractivity contribution in [2.24, 2.45) is 0 Å². The Hall–Kier alpha value is -2.17. The van der Waals surface area contributed by atoms with Crippen LogP contribution in [0.4, 0.5) is 4.79 Å². The van der Waals surface area contributed by atoms with Crippen molar-refractivity contribution < 1.29 is 27.5 Å².